The third-order valence-corrected chi connectivity index (χ3v) is 8.00. The molecule has 0 radical (unpaired) electrons. The van der Waals surface area contributed by atoms with E-state index in [-0.39, 0.29) is 17.3 Å². The van der Waals surface area contributed by atoms with Crippen molar-refractivity contribution in [2.24, 2.45) is 0 Å². The summed E-state index contributed by atoms with van der Waals surface area (Å²) < 4.78 is 27.2. The van der Waals surface area contributed by atoms with Gasteiger partial charge < -0.3 is 10.4 Å². The molecule has 190 valence electrons. The Hall–Kier alpha value is -4.38. The lowest BCUT2D eigenvalue weighted by Gasteiger charge is -2.15. The third kappa shape index (κ3) is 5.56. The third-order valence-electron chi connectivity index (χ3n) is 5.89. The Labute approximate surface area is 212 Å². The number of amides is 1. The van der Waals surface area contributed by atoms with Gasteiger partial charge in [0.1, 0.15) is 5.52 Å². The molecule has 11 heteroatoms. The van der Waals surface area contributed by atoms with Crippen molar-refractivity contribution < 1.29 is 23.1 Å². The monoisotopic (exact) mass is 520 g/mol. The van der Waals surface area contributed by atoms with E-state index in [1.165, 1.54) is 24.3 Å². The van der Waals surface area contributed by atoms with E-state index in [1.807, 2.05) is 13.8 Å². The molecule has 1 aromatic heterocycles. The highest BCUT2D eigenvalue weighted by molar-refractivity contribution is 7.92. The minimum absolute atomic E-state index is 0.222. The Bertz CT molecular complexity index is 1650. The van der Waals surface area contributed by atoms with E-state index < -0.39 is 33.0 Å². The van der Waals surface area contributed by atoms with Crippen molar-refractivity contribution in [2.45, 2.75) is 37.0 Å². The van der Waals surface area contributed by atoms with Gasteiger partial charge >= 0.3 is 5.97 Å². The largest absolute Gasteiger partial charge is 0.480 e. The molecule has 2 N–H and O–H groups in total. The first-order valence-corrected chi connectivity index (χ1v) is 12.9. The highest BCUT2D eigenvalue weighted by Gasteiger charge is 2.34. The zero-order chi connectivity index (χ0) is 26.7. The molecule has 4 aromatic rings. The molecular weight excluding hydrogens is 496 g/mol. The van der Waals surface area contributed by atoms with Crippen molar-refractivity contribution in [3.63, 3.8) is 0 Å². The van der Waals surface area contributed by atoms with E-state index in [4.69, 9.17) is 0 Å². The van der Waals surface area contributed by atoms with Gasteiger partial charge in [0.2, 0.25) is 0 Å². The molecule has 1 amide bonds. The quantitative estimate of drug-likeness (QED) is 0.360. The zero-order valence-corrected chi connectivity index (χ0v) is 20.9. The fourth-order valence-corrected chi connectivity index (χ4v) is 5.31. The van der Waals surface area contributed by atoms with Crippen molar-refractivity contribution in [1.29, 1.82) is 0 Å². The number of benzene rings is 3. The van der Waals surface area contributed by atoms with Crippen LogP contribution >= 0.6 is 0 Å². The highest BCUT2D eigenvalue weighted by Crippen LogP contribution is 2.22. The molecule has 10 nitrogen and oxygen atoms in total. The van der Waals surface area contributed by atoms with Gasteiger partial charge in [-0.05, 0) is 74.4 Å². The number of hydrogen-bond acceptors (Lipinski definition) is 7. The second kappa shape index (κ2) is 10.3. The molecule has 37 heavy (non-hydrogen) atoms. The second-order valence-corrected chi connectivity index (χ2v) is 10.8. The summed E-state index contributed by atoms with van der Waals surface area (Å²) in [6, 6.07) is 17.2. The number of carboxylic acid groups (broad SMARTS) is 1. The number of nitrogens with zero attached hydrogens (tertiary/aromatic N) is 3. The summed E-state index contributed by atoms with van der Waals surface area (Å²) in [7, 11) is -4.31. The van der Waals surface area contributed by atoms with Crippen LogP contribution in [0.1, 0.15) is 27.9 Å². The van der Waals surface area contributed by atoms with Gasteiger partial charge in [-0.2, -0.15) is 0 Å². The topological polar surface area (TPSA) is 148 Å². The number of fused-ring (bicyclic) bond motifs is 1. The molecule has 1 heterocycles. The molecule has 0 saturated heterocycles. The summed E-state index contributed by atoms with van der Waals surface area (Å²) in [6.45, 7) is 3.50. The van der Waals surface area contributed by atoms with Gasteiger partial charge in [0.05, 0.1) is 10.3 Å². The van der Waals surface area contributed by atoms with Crippen LogP contribution in [0.15, 0.2) is 76.4 Å². The standard InChI is InChI=1S/C26H24N4O6S/c1-16-3-6-18(7-4-16)24(31)27-19-8-10-20(11-9-19)37(35,36)23(26(33)34)13-14-30-25(32)21-12-5-17(2)15-22(21)28-29-30/h3-12,15,23H,13-14H2,1-2H3,(H,27,31)(H,33,34). The number of sulfone groups is 1. The second-order valence-electron chi connectivity index (χ2n) is 8.64. The van der Waals surface area contributed by atoms with Crippen LogP contribution < -0.4 is 10.9 Å². The maximum absolute atomic E-state index is 13.1. The number of anilines is 1. The molecule has 0 fully saturated rings. The van der Waals surface area contributed by atoms with E-state index in [1.54, 1.807) is 42.5 Å². The summed E-state index contributed by atoms with van der Waals surface area (Å²) in [5.74, 6) is -1.91. The average molecular weight is 521 g/mol. The predicted octanol–water partition coefficient (Wildman–Crippen LogP) is 2.98. The first kappa shape index (κ1) is 25.7. The summed E-state index contributed by atoms with van der Waals surface area (Å²) >= 11 is 0. The first-order valence-electron chi connectivity index (χ1n) is 11.4. The molecule has 0 saturated carbocycles. The zero-order valence-electron chi connectivity index (χ0n) is 20.1. The average Bonchev–Trinajstić information content (AvgIpc) is 2.85. The van der Waals surface area contributed by atoms with Crippen LogP contribution in [-0.2, 0) is 21.2 Å². The van der Waals surface area contributed by atoms with Crippen LogP contribution in [0.4, 0.5) is 5.69 Å². The molecule has 3 aromatic carbocycles. The summed E-state index contributed by atoms with van der Waals surface area (Å²) in [5, 5.41) is 18.7. The maximum atomic E-state index is 13.1. The highest BCUT2D eigenvalue weighted by atomic mass is 32.2. The van der Waals surface area contributed by atoms with Gasteiger partial charge in [-0.1, -0.05) is 29.0 Å². The summed E-state index contributed by atoms with van der Waals surface area (Å²) in [5.41, 5.74) is 2.61. The van der Waals surface area contributed by atoms with Crippen LogP contribution in [0.2, 0.25) is 0 Å². The van der Waals surface area contributed by atoms with Gasteiger partial charge in [0.25, 0.3) is 11.5 Å². The van der Waals surface area contributed by atoms with Crippen molar-refractivity contribution in [3.8, 4) is 0 Å². The molecule has 1 atom stereocenters. The van der Waals surface area contributed by atoms with E-state index in [2.05, 4.69) is 15.6 Å². The van der Waals surface area contributed by atoms with Crippen molar-refractivity contribution in [1.82, 2.24) is 15.0 Å². The molecule has 0 aliphatic rings. The molecular formula is C26H24N4O6S. The number of aryl methyl sites for hydroxylation is 3. The Morgan fingerprint density at radius 2 is 1.62 bits per heavy atom. The van der Waals surface area contributed by atoms with Gasteiger partial charge in [-0.25, -0.2) is 13.1 Å². The Morgan fingerprint density at radius 3 is 2.27 bits per heavy atom. The smallest absolute Gasteiger partial charge is 0.322 e. The minimum Gasteiger partial charge on any atom is -0.480 e. The Kier molecular flexibility index (Phi) is 7.16. The molecule has 4 rings (SSSR count). The van der Waals surface area contributed by atoms with E-state index in [0.717, 1.165) is 15.8 Å². The van der Waals surface area contributed by atoms with Gasteiger partial charge in [0.15, 0.2) is 15.1 Å². The van der Waals surface area contributed by atoms with Gasteiger partial charge in [-0.3, -0.25) is 14.4 Å². The summed E-state index contributed by atoms with van der Waals surface area (Å²) in [6.07, 6.45) is -0.393. The number of carboxylic acids is 1. The van der Waals surface area contributed by atoms with E-state index in [9.17, 15) is 27.9 Å². The molecule has 0 bridgehead atoms. The van der Waals surface area contributed by atoms with E-state index >= 15 is 0 Å². The van der Waals surface area contributed by atoms with Crippen molar-refractivity contribution >= 4 is 38.3 Å². The van der Waals surface area contributed by atoms with Crippen LogP contribution in [0, 0.1) is 13.8 Å². The lowest BCUT2D eigenvalue weighted by Crippen LogP contribution is -2.34. The fraction of sp³-hybridized carbons (Fsp3) is 0.192. The van der Waals surface area contributed by atoms with Crippen molar-refractivity contribution in [2.75, 3.05) is 5.32 Å². The molecule has 1 unspecified atom stereocenters. The fourth-order valence-electron chi connectivity index (χ4n) is 3.78. The number of nitrogens with one attached hydrogen (secondary N) is 1. The number of hydrogen-bond donors (Lipinski definition) is 2. The molecule has 0 aliphatic carbocycles. The lowest BCUT2D eigenvalue weighted by atomic mass is 10.1. The lowest BCUT2D eigenvalue weighted by molar-refractivity contribution is -0.136. The number of carbonyl (C=O) groups is 2. The van der Waals surface area contributed by atoms with Crippen LogP contribution in [0.25, 0.3) is 10.9 Å². The van der Waals surface area contributed by atoms with Crippen LogP contribution in [-0.4, -0.2) is 45.6 Å². The van der Waals surface area contributed by atoms with Crippen molar-refractivity contribution in [3.05, 3.63) is 93.8 Å². The SMILES string of the molecule is Cc1ccc(C(=O)Nc2ccc(S(=O)(=O)C(CCn3nnc4cc(C)ccc4c3=O)C(=O)O)cc2)cc1. The maximum Gasteiger partial charge on any atom is 0.322 e. The Morgan fingerprint density at radius 1 is 0.973 bits per heavy atom. The van der Waals surface area contributed by atoms with Crippen LogP contribution in [0.5, 0.6) is 0 Å². The minimum atomic E-state index is -4.31. The normalized spacial score (nSPS) is 12.3. The number of rotatable bonds is 8. The first-order chi connectivity index (χ1) is 17.6. The number of aromatic nitrogens is 3. The van der Waals surface area contributed by atoms with E-state index in [0.29, 0.717) is 22.2 Å². The Balaban J connectivity index is 1.51. The number of carbonyl (C=O) groups excluding carboxylic acids is 1. The molecule has 0 spiro atoms. The summed E-state index contributed by atoms with van der Waals surface area (Å²) in [4.78, 5) is 36.8. The van der Waals surface area contributed by atoms with Gasteiger partial charge in [-0.15, -0.1) is 5.10 Å². The molecule has 0 aliphatic heterocycles. The number of aliphatic carboxylic acids is 1. The predicted molar refractivity (Wildman–Crippen MR) is 137 cm³/mol. The van der Waals surface area contributed by atoms with Gasteiger partial charge in [0, 0.05) is 17.8 Å². The van der Waals surface area contributed by atoms with Crippen LogP contribution in [0.3, 0.4) is 0 Å².